The molecule has 1 heterocycles. The average molecular weight is 589 g/mol. The summed E-state index contributed by atoms with van der Waals surface area (Å²) in [6.07, 6.45) is 5.97. The smallest absolute Gasteiger partial charge is 0.233 e. The maximum Gasteiger partial charge on any atom is 0.233 e. The molecule has 6 aromatic rings. The highest BCUT2D eigenvalue weighted by Gasteiger charge is 2.36. The van der Waals surface area contributed by atoms with Crippen LogP contribution in [-0.2, 0) is 10.6 Å². The fraction of sp³-hybridized carbons (Fsp3) is 0.125. The predicted octanol–water partition coefficient (Wildman–Crippen LogP) is 6.45. The second-order valence-corrected chi connectivity index (χ2v) is 14.4. The molecule has 0 fully saturated rings. The van der Waals surface area contributed by atoms with Crippen molar-refractivity contribution in [2.24, 2.45) is 0 Å². The summed E-state index contributed by atoms with van der Waals surface area (Å²) in [5.74, 6) is 1.99. The van der Waals surface area contributed by atoms with Crippen LogP contribution in [0.5, 0.6) is 0 Å². The minimum Gasteiger partial charge on any atom is -0.326 e. The van der Waals surface area contributed by atoms with Crippen LogP contribution in [0.3, 0.4) is 0 Å². The van der Waals surface area contributed by atoms with Crippen molar-refractivity contribution in [3.8, 4) is 0 Å². The van der Waals surface area contributed by atoms with Gasteiger partial charge in [0.2, 0.25) is 6.71 Å². The predicted molar refractivity (Wildman–Crippen MR) is 193 cm³/mol. The van der Waals surface area contributed by atoms with E-state index in [1.165, 1.54) is 32.8 Å². The first-order valence-corrected chi connectivity index (χ1v) is 16.7. The highest BCUT2D eigenvalue weighted by Crippen LogP contribution is 2.33. The molecule has 4 heteroatoms. The molecule has 0 unspecified atom stereocenters. The summed E-state index contributed by atoms with van der Waals surface area (Å²) >= 11 is 0. The van der Waals surface area contributed by atoms with Crippen molar-refractivity contribution in [2.75, 3.05) is 0 Å². The Labute approximate surface area is 266 Å². The van der Waals surface area contributed by atoms with Crippen molar-refractivity contribution in [1.82, 2.24) is 9.55 Å². The highest BCUT2D eigenvalue weighted by molar-refractivity contribution is 6.89. The van der Waals surface area contributed by atoms with Crippen LogP contribution in [0.25, 0.3) is 0 Å². The van der Waals surface area contributed by atoms with E-state index >= 15 is 0 Å². The van der Waals surface area contributed by atoms with E-state index in [1.807, 2.05) is 30.6 Å². The van der Waals surface area contributed by atoms with Crippen molar-refractivity contribution < 1.29 is 0 Å². The van der Waals surface area contributed by atoms with E-state index in [2.05, 4.69) is 177 Å². The van der Waals surface area contributed by atoms with Gasteiger partial charge in [0.1, 0.15) is 0 Å². The number of rotatable bonds is 8. The number of hydrogen-bond acceptors (Lipinski definition) is 1. The van der Waals surface area contributed by atoms with Crippen molar-refractivity contribution in [3.05, 3.63) is 194 Å². The lowest BCUT2D eigenvalue weighted by Gasteiger charge is -2.37. The maximum absolute atomic E-state index is 4.42. The third kappa shape index (κ3) is 7.10. The van der Waals surface area contributed by atoms with Gasteiger partial charge in [-0.1, -0.05) is 182 Å². The number of aromatic nitrogens is 2. The van der Waals surface area contributed by atoms with Gasteiger partial charge in [-0.2, -0.15) is 0 Å². The Bertz CT molecular complexity index is 1630. The van der Waals surface area contributed by atoms with Crippen molar-refractivity contribution in [3.63, 3.8) is 0 Å². The summed E-state index contributed by atoms with van der Waals surface area (Å²) in [6.45, 7) is 11.1. The lowest BCUT2D eigenvalue weighted by atomic mass is 9.41. The summed E-state index contributed by atoms with van der Waals surface area (Å²) in [5.41, 5.74) is 6.75. The van der Waals surface area contributed by atoms with E-state index in [9.17, 15) is 0 Å². The van der Waals surface area contributed by atoms with Crippen molar-refractivity contribution in [2.45, 2.75) is 31.3 Å². The molecule has 0 atom stereocenters. The largest absolute Gasteiger partial charge is 0.326 e. The molecular weight excluding hydrogens is 547 g/mol. The summed E-state index contributed by atoms with van der Waals surface area (Å²) in [4.78, 5) is 4.42. The lowest BCUT2D eigenvalue weighted by Crippen LogP contribution is -2.47. The molecule has 0 aliphatic rings. The molecular formula is C40H41BN2Si. The Morgan fingerprint density at radius 3 is 1.55 bits per heavy atom. The van der Waals surface area contributed by atoms with Gasteiger partial charge in [-0.3, -0.25) is 0 Å². The number of benzene rings is 5. The van der Waals surface area contributed by atoms with Crippen LogP contribution < -0.4 is 16.1 Å². The molecule has 0 bridgehead atoms. The Balaban J connectivity index is 0.000000215. The van der Waals surface area contributed by atoms with Crippen LogP contribution in [0, 0.1) is 0 Å². The van der Waals surface area contributed by atoms with Gasteiger partial charge in [0, 0.05) is 12.4 Å². The monoisotopic (exact) mass is 588 g/mol. The maximum atomic E-state index is 4.42. The van der Waals surface area contributed by atoms with Gasteiger partial charge in [-0.15, -0.1) is 12.6 Å². The van der Waals surface area contributed by atoms with E-state index in [-0.39, 0.29) is 10.6 Å². The second-order valence-electron chi connectivity index (χ2n) is 12.2. The third-order valence-electron chi connectivity index (χ3n) is 8.25. The molecule has 0 saturated carbocycles. The van der Waals surface area contributed by atoms with E-state index in [0.29, 0.717) is 6.71 Å². The van der Waals surface area contributed by atoms with Gasteiger partial charge >= 0.3 is 0 Å². The molecule has 0 saturated heterocycles. The third-order valence-corrected chi connectivity index (χ3v) is 10.8. The molecule has 0 aliphatic heterocycles. The van der Waals surface area contributed by atoms with Crippen LogP contribution >= 0.6 is 0 Å². The van der Waals surface area contributed by atoms with Gasteiger partial charge in [0.25, 0.3) is 0 Å². The molecule has 0 N–H and O–H groups in total. The Morgan fingerprint density at radius 2 is 1.11 bits per heavy atom. The molecule has 0 aliphatic carbocycles. The quantitative estimate of drug-likeness (QED) is 0.187. The van der Waals surface area contributed by atoms with E-state index in [1.54, 1.807) is 0 Å². The molecule has 1 aromatic heterocycles. The highest BCUT2D eigenvalue weighted by atomic mass is 28.2. The van der Waals surface area contributed by atoms with E-state index in [0.717, 1.165) is 0 Å². The Hall–Kier alpha value is -4.67. The standard InChI is InChI=1S/C26H28N2Si.C14H13B/c1-25(2,3)23-15-10-16-24(19-23)29-26(28-18-17-27-20-28,21-11-6-4-7-12-21)22-13-8-5-9-14-22;1-2-15(13-9-5-3-6-10-13)14-11-7-4-8-12-14/h4-20H,29H2,1-3H3;2-12H,1H2. The second kappa shape index (κ2) is 14.2. The van der Waals surface area contributed by atoms with Gasteiger partial charge in [-0.25, -0.2) is 4.98 Å². The molecule has 5 aromatic carbocycles. The molecule has 0 spiro atoms. The first-order valence-electron chi connectivity index (χ1n) is 15.3. The zero-order chi connectivity index (χ0) is 30.8. The minimum absolute atomic E-state index is 0.140. The van der Waals surface area contributed by atoms with E-state index < -0.39 is 9.52 Å². The summed E-state index contributed by atoms with van der Waals surface area (Å²) < 4.78 is 2.31. The molecule has 6 rings (SSSR count). The van der Waals surface area contributed by atoms with Gasteiger partial charge in [0.15, 0.2) is 0 Å². The summed E-state index contributed by atoms with van der Waals surface area (Å²) in [7, 11) is -0.826. The Kier molecular flexibility index (Phi) is 9.93. The average Bonchev–Trinajstić information content (AvgIpc) is 3.62. The van der Waals surface area contributed by atoms with Gasteiger partial charge < -0.3 is 4.57 Å². The first-order chi connectivity index (χ1) is 21.4. The first kappa shape index (κ1) is 30.8. The summed E-state index contributed by atoms with van der Waals surface area (Å²) in [6, 6.07) is 51.9. The number of imidazole rings is 1. The normalized spacial score (nSPS) is 11.5. The van der Waals surface area contributed by atoms with Crippen LogP contribution in [0.4, 0.5) is 0 Å². The molecule has 2 nitrogen and oxygen atoms in total. The van der Waals surface area contributed by atoms with Crippen molar-refractivity contribution >= 4 is 32.3 Å². The summed E-state index contributed by atoms with van der Waals surface area (Å²) in [5, 5.41) is 1.23. The van der Waals surface area contributed by atoms with E-state index in [4.69, 9.17) is 0 Å². The minimum atomic E-state index is -0.826. The van der Waals surface area contributed by atoms with Crippen LogP contribution in [0.2, 0.25) is 0 Å². The molecule has 0 amide bonds. The van der Waals surface area contributed by atoms with Crippen molar-refractivity contribution in [1.29, 1.82) is 0 Å². The van der Waals surface area contributed by atoms with Gasteiger partial charge in [0.05, 0.1) is 21.0 Å². The fourth-order valence-corrected chi connectivity index (χ4v) is 8.32. The fourth-order valence-electron chi connectivity index (χ4n) is 5.90. The SMILES string of the molecule is C=CB(c1ccccc1)c1ccccc1.CC(C)(C)c1cccc([SiH2]C(c2ccccc2)(c2ccccc2)n2ccnc2)c1. The molecule has 218 valence electrons. The Morgan fingerprint density at radius 1 is 0.636 bits per heavy atom. The topological polar surface area (TPSA) is 17.8 Å². The molecule has 44 heavy (non-hydrogen) atoms. The van der Waals surface area contributed by atoms with Crippen LogP contribution in [0.15, 0.2) is 177 Å². The molecule has 0 radical (unpaired) electrons. The lowest BCUT2D eigenvalue weighted by molar-refractivity contribution is 0.589. The zero-order valence-electron chi connectivity index (χ0n) is 26.1. The zero-order valence-corrected chi connectivity index (χ0v) is 27.5. The van der Waals surface area contributed by atoms with Gasteiger partial charge in [-0.05, 0) is 22.1 Å². The number of hydrogen-bond donors (Lipinski definition) is 0. The number of nitrogens with zero attached hydrogens (tertiary/aromatic N) is 2. The van der Waals surface area contributed by atoms with Crippen LogP contribution in [0.1, 0.15) is 37.5 Å². The van der Waals surface area contributed by atoms with Crippen LogP contribution in [-0.4, -0.2) is 25.8 Å².